The summed E-state index contributed by atoms with van der Waals surface area (Å²) in [5, 5.41) is 2.40. The maximum absolute atomic E-state index is 14.1. The third kappa shape index (κ3) is 5.32. The molecule has 3 aromatic rings. The van der Waals surface area contributed by atoms with Gasteiger partial charge in [0.1, 0.15) is 15.1 Å². The molecule has 50 heavy (non-hydrogen) atoms. The molecule has 1 saturated carbocycles. The van der Waals surface area contributed by atoms with E-state index in [0.717, 1.165) is 31.4 Å². The van der Waals surface area contributed by atoms with Gasteiger partial charge in [-0.1, -0.05) is 67.8 Å². The molecule has 1 fully saturated rings. The Bertz CT molecular complexity index is 2870. The van der Waals surface area contributed by atoms with Crippen molar-refractivity contribution in [1.29, 1.82) is 0 Å². The SMILES string of the molecule is Nc1c(S(=O)(=O)O)cc(N/N=c2/c(S(=O)(=O)O)cc(=NC3CCCCC3)c3c(=O)c4ccccc4c(=O)c2=3)c2c1C(=O)c1ccccc1C2=O. The zero-order valence-corrected chi connectivity index (χ0v) is 27.5. The Kier molecular flexibility index (Phi) is 7.86. The van der Waals surface area contributed by atoms with E-state index in [1.54, 1.807) is 6.07 Å². The normalized spacial score (nSPS) is 16.2. The van der Waals surface area contributed by atoms with E-state index in [1.807, 2.05) is 0 Å². The first-order valence-corrected chi connectivity index (χ1v) is 18.2. The second kappa shape index (κ2) is 11.9. The fraction of sp³-hybridized carbons (Fsp3) is 0.176. The zero-order valence-electron chi connectivity index (χ0n) is 25.8. The lowest BCUT2D eigenvalue weighted by Crippen LogP contribution is -2.34. The number of anilines is 2. The molecule has 0 bridgehead atoms. The lowest BCUT2D eigenvalue weighted by molar-refractivity contribution is 0.0980. The molecule has 0 unspecified atom stereocenters. The maximum Gasteiger partial charge on any atom is 0.296 e. The summed E-state index contributed by atoms with van der Waals surface area (Å²) in [5.74, 6) is -1.64. The molecule has 0 aromatic heterocycles. The summed E-state index contributed by atoms with van der Waals surface area (Å²) in [6.07, 6.45) is 3.96. The van der Waals surface area contributed by atoms with Crippen LogP contribution in [0.5, 0.6) is 0 Å². The molecule has 0 radical (unpaired) electrons. The molecule has 7 rings (SSSR count). The van der Waals surface area contributed by atoms with Gasteiger partial charge < -0.3 is 5.73 Å². The number of hydrogen-bond acceptors (Lipinski definition) is 12. The molecule has 0 heterocycles. The van der Waals surface area contributed by atoms with Gasteiger partial charge in [0.05, 0.1) is 44.3 Å². The van der Waals surface area contributed by atoms with Crippen molar-refractivity contribution < 1.29 is 35.5 Å². The molecule has 14 nitrogen and oxygen atoms in total. The second-order valence-corrected chi connectivity index (χ2v) is 14.9. The van der Waals surface area contributed by atoms with Gasteiger partial charge in [0.25, 0.3) is 20.2 Å². The molecule has 0 atom stereocenters. The van der Waals surface area contributed by atoms with E-state index in [9.17, 15) is 45.1 Å². The van der Waals surface area contributed by atoms with E-state index < -0.39 is 85.5 Å². The van der Waals surface area contributed by atoms with Gasteiger partial charge in [0.2, 0.25) is 0 Å². The molecular formula is C34H26N4O10S2. The van der Waals surface area contributed by atoms with Gasteiger partial charge in [0, 0.05) is 21.9 Å². The Balaban J connectivity index is 1.62. The average molecular weight is 715 g/mol. The van der Waals surface area contributed by atoms with Crippen molar-refractivity contribution in [3.05, 3.63) is 125 Å². The number of nitrogen functional groups attached to an aromatic ring is 1. The summed E-state index contributed by atoms with van der Waals surface area (Å²) in [7, 11) is -10.3. The monoisotopic (exact) mass is 714 g/mol. The van der Waals surface area contributed by atoms with Crippen LogP contribution in [-0.4, -0.2) is 43.5 Å². The first kappa shape index (κ1) is 33.1. The van der Waals surface area contributed by atoms with Crippen LogP contribution in [0.3, 0.4) is 0 Å². The smallest absolute Gasteiger partial charge is 0.296 e. The van der Waals surface area contributed by atoms with Crippen molar-refractivity contribution in [1.82, 2.24) is 0 Å². The Morgan fingerprint density at radius 2 is 1.24 bits per heavy atom. The van der Waals surface area contributed by atoms with Crippen molar-refractivity contribution in [2.45, 2.75) is 47.9 Å². The van der Waals surface area contributed by atoms with Crippen LogP contribution in [0.2, 0.25) is 0 Å². The van der Waals surface area contributed by atoms with Gasteiger partial charge in [-0.3, -0.25) is 38.7 Å². The maximum atomic E-state index is 14.1. The van der Waals surface area contributed by atoms with E-state index in [0.29, 0.717) is 12.8 Å². The Hall–Kier alpha value is -5.42. The minimum absolute atomic E-state index is 0.0387. The van der Waals surface area contributed by atoms with Crippen molar-refractivity contribution in [2.24, 2.45) is 10.1 Å². The number of benzene rings is 3. The molecule has 4 aliphatic carbocycles. The fourth-order valence-corrected chi connectivity index (χ4v) is 8.06. The van der Waals surface area contributed by atoms with Crippen LogP contribution in [0, 0.1) is 10.4 Å². The minimum Gasteiger partial charge on any atom is -0.397 e. The number of nitrogens with two attached hydrogens (primary N) is 1. The van der Waals surface area contributed by atoms with Crippen LogP contribution < -0.4 is 32.7 Å². The molecule has 0 aliphatic heterocycles. The average Bonchev–Trinajstić information content (AvgIpc) is 3.08. The van der Waals surface area contributed by atoms with Crippen LogP contribution in [0.15, 0.2) is 90.1 Å². The number of carbonyl (C=O) groups excluding carboxylic acids is 2. The molecule has 254 valence electrons. The molecular weight excluding hydrogens is 689 g/mol. The first-order chi connectivity index (χ1) is 23.7. The van der Waals surface area contributed by atoms with E-state index >= 15 is 0 Å². The highest BCUT2D eigenvalue weighted by atomic mass is 32.2. The molecule has 5 N–H and O–H groups in total. The summed E-state index contributed by atoms with van der Waals surface area (Å²) < 4.78 is 71.1. The predicted octanol–water partition coefficient (Wildman–Crippen LogP) is 2.17. The number of rotatable bonds is 5. The third-order valence-corrected chi connectivity index (χ3v) is 10.8. The number of fused-ring (bicyclic) bond motifs is 3. The standard InChI is InChI=1S/C34H26N4O10S2/c35-29-23(49(43,44)45)15-22(26-27(29)33(41)19-12-6-4-10-17(19)32(26)40)37-38-30-24(50(46,47)48)14-21(36-16-8-2-1-3-9-16)25-28(30)34(42)20-13-7-5-11-18(20)31(25)39/h4-7,10-16,37H,1-3,8-9,35H2,(H,43,44,45)(H,46,47,48)/b36-21?,38-30-. The van der Waals surface area contributed by atoms with Crippen molar-refractivity contribution in [2.75, 3.05) is 11.2 Å². The first-order valence-electron chi connectivity index (χ1n) is 15.4. The lowest BCUT2D eigenvalue weighted by Gasteiger charge is -2.22. The van der Waals surface area contributed by atoms with Gasteiger partial charge in [-0.25, -0.2) is 0 Å². The molecule has 4 aliphatic rings. The van der Waals surface area contributed by atoms with Gasteiger partial charge in [-0.15, -0.1) is 0 Å². The molecule has 0 spiro atoms. The summed E-state index contributed by atoms with van der Waals surface area (Å²) in [6, 6.07) is 12.9. The van der Waals surface area contributed by atoms with Crippen LogP contribution in [0.25, 0.3) is 10.8 Å². The quantitative estimate of drug-likeness (QED) is 0.114. The summed E-state index contributed by atoms with van der Waals surface area (Å²) in [6.45, 7) is 0. The summed E-state index contributed by atoms with van der Waals surface area (Å²) in [4.78, 5) is 58.3. The highest BCUT2D eigenvalue weighted by Crippen LogP contribution is 2.39. The number of nitrogens with one attached hydrogen (secondary N) is 1. The zero-order chi connectivity index (χ0) is 35.7. The lowest BCUT2D eigenvalue weighted by atomic mass is 9.82. The Morgan fingerprint density at radius 1 is 0.700 bits per heavy atom. The van der Waals surface area contributed by atoms with Crippen LogP contribution in [0.4, 0.5) is 11.4 Å². The van der Waals surface area contributed by atoms with Gasteiger partial charge >= 0.3 is 0 Å². The topological polar surface area (TPSA) is 240 Å². The molecule has 0 amide bonds. The van der Waals surface area contributed by atoms with Gasteiger partial charge in [-0.2, -0.15) is 21.9 Å². The summed E-state index contributed by atoms with van der Waals surface area (Å²) in [5.41, 5.74) is 4.54. The van der Waals surface area contributed by atoms with E-state index in [2.05, 4.69) is 15.5 Å². The predicted molar refractivity (Wildman–Crippen MR) is 180 cm³/mol. The van der Waals surface area contributed by atoms with E-state index in [1.165, 1.54) is 42.5 Å². The minimum atomic E-state index is -5.20. The largest absolute Gasteiger partial charge is 0.397 e. The Labute approximate surface area is 282 Å². The van der Waals surface area contributed by atoms with Crippen molar-refractivity contribution in [3.63, 3.8) is 0 Å². The number of ketones is 2. The van der Waals surface area contributed by atoms with Crippen LogP contribution in [0.1, 0.15) is 63.9 Å². The Morgan fingerprint density at radius 3 is 1.82 bits per heavy atom. The number of carbonyl (C=O) groups is 2. The van der Waals surface area contributed by atoms with Crippen LogP contribution in [-0.2, 0) is 20.2 Å². The molecule has 3 aromatic carbocycles. The molecule has 0 saturated heterocycles. The highest BCUT2D eigenvalue weighted by molar-refractivity contribution is 7.86. The molecule has 16 heteroatoms. The van der Waals surface area contributed by atoms with E-state index in [-0.39, 0.29) is 38.5 Å². The van der Waals surface area contributed by atoms with Crippen molar-refractivity contribution >= 4 is 53.9 Å². The number of nitrogens with zero attached hydrogens (tertiary/aromatic N) is 2. The fourth-order valence-electron chi connectivity index (χ4n) is 6.76. The van der Waals surface area contributed by atoms with Crippen LogP contribution >= 0.6 is 0 Å². The van der Waals surface area contributed by atoms with Gasteiger partial charge in [-0.05, 0) is 25.0 Å². The number of hydrogen-bond donors (Lipinski definition) is 4. The second-order valence-electron chi connectivity index (χ2n) is 12.1. The highest BCUT2D eigenvalue weighted by Gasteiger charge is 2.36. The summed E-state index contributed by atoms with van der Waals surface area (Å²) >= 11 is 0. The third-order valence-electron chi connectivity index (χ3n) is 9.05. The van der Waals surface area contributed by atoms with Gasteiger partial charge in [0.15, 0.2) is 22.4 Å². The van der Waals surface area contributed by atoms with Crippen molar-refractivity contribution in [3.8, 4) is 0 Å². The van der Waals surface area contributed by atoms with E-state index in [4.69, 9.17) is 5.73 Å².